The molecule has 0 heterocycles. The first-order valence-electron chi connectivity index (χ1n) is 11.1. The molecule has 0 unspecified atom stereocenters. The maximum atomic E-state index is 12.7. The second-order valence-electron chi connectivity index (χ2n) is 7.84. The van der Waals surface area contributed by atoms with Crippen molar-refractivity contribution in [2.24, 2.45) is 5.10 Å². The van der Waals surface area contributed by atoms with Gasteiger partial charge in [-0.25, -0.2) is 5.43 Å². The first-order valence-corrected chi connectivity index (χ1v) is 11.1. The Balaban J connectivity index is 1.80. The summed E-state index contributed by atoms with van der Waals surface area (Å²) in [5, 5.41) is 23.7. The van der Waals surface area contributed by atoms with E-state index >= 15 is 0 Å². The highest BCUT2D eigenvalue weighted by Crippen LogP contribution is 2.27. The summed E-state index contributed by atoms with van der Waals surface area (Å²) >= 11 is 0. The molecule has 37 heavy (non-hydrogen) atoms. The molecular formula is C28H27N3O6. The topological polar surface area (TPSA) is 143 Å². The molecule has 1 amide bonds. The van der Waals surface area contributed by atoms with Crippen LogP contribution in [0.15, 0.2) is 77.9 Å². The number of allylic oxidation sites excluding steroid dienone is 2. The highest BCUT2D eigenvalue weighted by Gasteiger charge is 2.08. The Morgan fingerprint density at radius 2 is 1.41 bits per heavy atom. The number of carbonyl (C=O) groups excluding carboxylic acids is 2. The van der Waals surface area contributed by atoms with Crippen LogP contribution in [-0.4, -0.2) is 41.8 Å². The van der Waals surface area contributed by atoms with Crippen LogP contribution < -0.4 is 20.6 Å². The molecular weight excluding hydrogens is 474 g/mol. The number of nitrogen functional groups attached to an aromatic ring is 1. The summed E-state index contributed by atoms with van der Waals surface area (Å²) in [4.78, 5) is 25.2. The van der Waals surface area contributed by atoms with Crippen LogP contribution in [0.5, 0.6) is 23.0 Å². The van der Waals surface area contributed by atoms with Gasteiger partial charge in [-0.1, -0.05) is 24.3 Å². The number of phenolic OH excluding ortho intramolecular Hbond substituents is 2. The SMILES string of the molecule is COc1cc(C=CC(=O)CC(C=Cc2ccc(O)c(OC)c2)=NNC(=O)c2ccc(N)cc2)ccc1O. The van der Waals surface area contributed by atoms with E-state index in [9.17, 15) is 19.8 Å². The van der Waals surface area contributed by atoms with Crippen LogP contribution in [0.25, 0.3) is 12.2 Å². The van der Waals surface area contributed by atoms with E-state index in [1.54, 1.807) is 66.8 Å². The minimum absolute atomic E-state index is 0.00419. The number of nitrogens with two attached hydrogens (primary N) is 1. The van der Waals surface area contributed by atoms with Crippen LogP contribution in [0.2, 0.25) is 0 Å². The average Bonchev–Trinajstić information content (AvgIpc) is 2.90. The van der Waals surface area contributed by atoms with E-state index in [0.717, 1.165) is 0 Å². The molecule has 0 bridgehead atoms. The number of amides is 1. The zero-order valence-corrected chi connectivity index (χ0v) is 20.3. The molecule has 3 rings (SSSR count). The first kappa shape index (κ1) is 26.6. The number of ketones is 1. The third kappa shape index (κ3) is 7.72. The third-order valence-electron chi connectivity index (χ3n) is 5.17. The van der Waals surface area contributed by atoms with Gasteiger partial charge in [-0.15, -0.1) is 0 Å². The predicted molar refractivity (Wildman–Crippen MR) is 143 cm³/mol. The van der Waals surface area contributed by atoms with Crippen LogP contribution in [0.4, 0.5) is 5.69 Å². The largest absolute Gasteiger partial charge is 0.504 e. The Labute approximate surface area is 214 Å². The van der Waals surface area contributed by atoms with Crippen molar-refractivity contribution < 1.29 is 29.3 Å². The Morgan fingerprint density at radius 3 is 1.95 bits per heavy atom. The first-order chi connectivity index (χ1) is 17.8. The molecule has 0 fully saturated rings. The van der Waals surface area contributed by atoms with Crippen molar-refractivity contribution in [1.29, 1.82) is 0 Å². The summed E-state index contributed by atoms with van der Waals surface area (Å²) in [5.74, 6) is -0.171. The Kier molecular flexibility index (Phi) is 9.04. The molecule has 5 N–H and O–H groups in total. The summed E-state index contributed by atoms with van der Waals surface area (Å²) in [6.45, 7) is 0. The van der Waals surface area contributed by atoms with Crippen molar-refractivity contribution in [3.05, 3.63) is 89.5 Å². The zero-order chi connectivity index (χ0) is 26.8. The lowest BCUT2D eigenvalue weighted by atomic mass is 10.1. The number of anilines is 1. The minimum Gasteiger partial charge on any atom is -0.504 e. The molecule has 0 spiro atoms. The normalized spacial score (nSPS) is 11.6. The fourth-order valence-electron chi connectivity index (χ4n) is 3.17. The van der Waals surface area contributed by atoms with Gasteiger partial charge in [-0.2, -0.15) is 5.10 Å². The molecule has 0 aliphatic rings. The molecule has 0 aromatic heterocycles. The van der Waals surface area contributed by atoms with Crippen LogP contribution in [0.1, 0.15) is 27.9 Å². The van der Waals surface area contributed by atoms with Gasteiger partial charge in [0.25, 0.3) is 5.91 Å². The molecule has 0 saturated carbocycles. The number of hydrogen-bond acceptors (Lipinski definition) is 8. The van der Waals surface area contributed by atoms with E-state index < -0.39 is 5.91 Å². The molecule has 0 saturated heterocycles. The van der Waals surface area contributed by atoms with E-state index in [4.69, 9.17) is 15.2 Å². The number of hydrogen-bond donors (Lipinski definition) is 4. The lowest BCUT2D eigenvalue weighted by Crippen LogP contribution is -2.20. The molecule has 0 aliphatic heterocycles. The summed E-state index contributed by atoms with van der Waals surface area (Å²) in [6.07, 6.45) is 6.12. The molecule has 9 nitrogen and oxygen atoms in total. The van der Waals surface area contributed by atoms with Crippen molar-refractivity contribution in [2.75, 3.05) is 20.0 Å². The Bertz CT molecular complexity index is 1360. The zero-order valence-electron chi connectivity index (χ0n) is 20.3. The van der Waals surface area contributed by atoms with Crippen molar-refractivity contribution in [2.45, 2.75) is 6.42 Å². The number of nitrogens with one attached hydrogen (secondary N) is 1. The molecule has 3 aromatic carbocycles. The number of phenols is 2. The molecule has 9 heteroatoms. The van der Waals surface area contributed by atoms with Gasteiger partial charge >= 0.3 is 0 Å². The van der Waals surface area contributed by atoms with E-state index in [0.29, 0.717) is 28.1 Å². The van der Waals surface area contributed by atoms with Gasteiger partial charge in [0.05, 0.1) is 26.4 Å². The number of methoxy groups -OCH3 is 2. The van der Waals surface area contributed by atoms with Crippen molar-refractivity contribution in [3.8, 4) is 23.0 Å². The van der Waals surface area contributed by atoms with E-state index in [1.165, 1.54) is 32.4 Å². The molecule has 190 valence electrons. The predicted octanol–water partition coefficient (Wildman–Crippen LogP) is 4.17. The van der Waals surface area contributed by atoms with Gasteiger partial charge in [0, 0.05) is 11.3 Å². The fourth-order valence-corrected chi connectivity index (χ4v) is 3.17. The molecule has 0 radical (unpaired) electrons. The number of rotatable bonds is 10. The third-order valence-corrected chi connectivity index (χ3v) is 5.17. The lowest BCUT2D eigenvalue weighted by Gasteiger charge is -2.05. The van der Waals surface area contributed by atoms with Crippen molar-refractivity contribution >= 4 is 35.2 Å². The molecule has 3 aromatic rings. The van der Waals surface area contributed by atoms with Gasteiger partial charge in [0.1, 0.15) is 0 Å². The van der Waals surface area contributed by atoms with Gasteiger partial charge in [-0.05, 0) is 71.8 Å². The van der Waals surface area contributed by atoms with Crippen molar-refractivity contribution in [1.82, 2.24) is 5.43 Å². The lowest BCUT2D eigenvalue weighted by molar-refractivity contribution is -0.113. The fraction of sp³-hybridized carbons (Fsp3) is 0.107. The summed E-state index contributed by atoms with van der Waals surface area (Å²) in [5.41, 5.74) is 10.6. The molecule has 0 aliphatic carbocycles. The number of aromatic hydroxyl groups is 2. The van der Waals surface area contributed by atoms with Gasteiger partial charge in [0.2, 0.25) is 0 Å². The number of ether oxygens (including phenoxy) is 2. The van der Waals surface area contributed by atoms with Crippen LogP contribution in [-0.2, 0) is 4.79 Å². The summed E-state index contributed by atoms with van der Waals surface area (Å²) < 4.78 is 10.2. The summed E-state index contributed by atoms with van der Waals surface area (Å²) in [7, 11) is 2.88. The maximum absolute atomic E-state index is 12.7. The number of carbonyl (C=O) groups is 2. The highest BCUT2D eigenvalue weighted by atomic mass is 16.5. The summed E-state index contributed by atoms with van der Waals surface area (Å²) in [6, 6.07) is 15.8. The van der Waals surface area contributed by atoms with E-state index in [-0.39, 0.29) is 35.2 Å². The Morgan fingerprint density at radius 1 is 0.865 bits per heavy atom. The van der Waals surface area contributed by atoms with Crippen LogP contribution >= 0.6 is 0 Å². The van der Waals surface area contributed by atoms with Crippen LogP contribution in [0.3, 0.4) is 0 Å². The van der Waals surface area contributed by atoms with Gasteiger partial charge < -0.3 is 25.4 Å². The second kappa shape index (κ2) is 12.6. The molecule has 0 atom stereocenters. The Hall–Kier alpha value is -5.05. The average molecular weight is 502 g/mol. The number of nitrogens with zero attached hydrogens (tertiary/aromatic N) is 1. The second-order valence-corrected chi connectivity index (χ2v) is 7.84. The smallest absolute Gasteiger partial charge is 0.271 e. The standard InChI is InChI=1S/C28H27N3O6/c1-36-26-15-18(5-13-24(26)33)3-11-22(30-31-28(35)20-7-9-21(29)10-8-20)17-23(32)12-4-19-6-14-25(34)27(16-19)37-2/h3-16,33-34H,17,29H2,1-2H3,(H,31,35). The number of hydrazone groups is 1. The van der Waals surface area contributed by atoms with Crippen LogP contribution in [0, 0.1) is 0 Å². The monoisotopic (exact) mass is 501 g/mol. The maximum Gasteiger partial charge on any atom is 0.271 e. The highest BCUT2D eigenvalue weighted by molar-refractivity contribution is 6.13. The number of benzene rings is 3. The van der Waals surface area contributed by atoms with E-state index in [2.05, 4.69) is 10.5 Å². The van der Waals surface area contributed by atoms with Gasteiger partial charge in [-0.3, -0.25) is 9.59 Å². The van der Waals surface area contributed by atoms with E-state index in [1.807, 2.05) is 0 Å². The minimum atomic E-state index is -0.462. The quantitative estimate of drug-likeness (QED) is 0.141. The van der Waals surface area contributed by atoms with Crippen molar-refractivity contribution in [3.63, 3.8) is 0 Å². The van der Waals surface area contributed by atoms with Gasteiger partial charge in [0.15, 0.2) is 28.8 Å².